The lowest BCUT2D eigenvalue weighted by molar-refractivity contribution is -0.133. The molecule has 4 heteroatoms. The molecule has 94 valence electrons. The predicted octanol–water partition coefficient (Wildman–Crippen LogP) is 1.43. The van der Waals surface area contributed by atoms with E-state index in [2.05, 4.69) is 12.8 Å². The standard InChI is InChI=1S/C11H18N2OS.C2H2/c12-11(8-3-1-2-4-8)7-9-13(10(11)14)5-6-15-9;1-2/h8-9H,1-7,12H2;1-2H. The third-order valence-electron chi connectivity index (χ3n) is 4.25. The van der Waals surface area contributed by atoms with Gasteiger partial charge in [-0.2, -0.15) is 0 Å². The summed E-state index contributed by atoms with van der Waals surface area (Å²) in [6.07, 6.45) is 13.7. The molecule has 17 heavy (non-hydrogen) atoms. The van der Waals surface area contributed by atoms with E-state index in [1.807, 2.05) is 16.7 Å². The molecule has 0 radical (unpaired) electrons. The van der Waals surface area contributed by atoms with E-state index in [-0.39, 0.29) is 5.91 Å². The highest BCUT2D eigenvalue weighted by atomic mass is 32.2. The van der Waals surface area contributed by atoms with Crippen molar-refractivity contribution in [1.29, 1.82) is 0 Å². The van der Waals surface area contributed by atoms with Crippen molar-refractivity contribution in [1.82, 2.24) is 4.90 Å². The van der Waals surface area contributed by atoms with Crippen LogP contribution in [0.4, 0.5) is 0 Å². The zero-order valence-electron chi connectivity index (χ0n) is 10.1. The van der Waals surface area contributed by atoms with Gasteiger partial charge in [-0.25, -0.2) is 0 Å². The molecule has 0 aromatic rings. The number of thioether (sulfide) groups is 1. The number of rotatable bonds is 1. The lowest BCUT2D eigenvalue weighted by atomic mass is 9.82. The van der Waals surface area contributed by atoms with Crippen LogP contribution in [0.1, 0.15) is 32.1 Å². The summed E-state index contributed by atoms with van der Waals surface area (Å²) in [5.41, 5.74) is 5.89. The van der Waals surface area contributed by atoms with Crippen molar-refractivity contribution >= 4 is 17.7 Å². The molecule has 2 unspecified atom stereocenters. The third kappa shape index (κ3) is 1.96. The first-order valence-electron chi connectivity index (χ1n) is 6.27. The van der Waals surface area contributed by atoms with Crippen LogP contribution < -0.4 is 5.73 Å². The quantitative estimate of drug-likeness (QED) is 0.718. The monoisotopic (exact) mass is 252 g/mol. The van der Waals surface area contributed by atoms with E-state index in [1.165, 1.54) is 12.8 Å². The second-order valence-corrected chi connectivity index (χ2v) is 6.34. The first-order chi connectivity index (χ1) is 8.22. The summed E-state index contributed by atoms with van der Waals surface area (Å²) in [4.78, 5) is 14.3. The van der Waals surface area contributed by atoms with E-state index in [1.54, 1.807) is 0 Å². The van der Waals surface area contributed by atoms with Crippen molar-refractivity contribution in [3.05, 3.63) is 0 Å². The van der Waals surface area contributed by atoms with E-state index in [0.29, 0.717) is 11.3 Å². The highest BCUT2D eigenvalue weighted by molar-refractivity contribution is 8.00. The molecule has 1 aliphatic carbocycles. The fourth-order valence-corrected chi connectivity index (χ4v) is 4.70. The zero-order valence-corrected chi connectivity index (χ0v) is 10.9. The van der Waals surface area contributed by atoms with Gasteiger partial charge in [-0.15, -0.1) is 24.6 Å². The molecule has 3 aliphatic rings. The maximum Gasteiger partial charge on any atom is 0.243 e. The van der Waals surface area contributed by atoms with Gasteiger partial charge in [0.1, 0.15) is 5.54 Å². The highest BCUT2D eigenvalue weighted by Gasteiger charge is 2.55. The number of hydrogen-bond acceptors (Lipinski definition) is 3. The number of hydrogen-bond donors (Lipinski definition) is 1. The molecular weight excluding hydrogens is 232 g/mol. The van der Waals surface area contributed by atoms with Crippen molar-refractivity contribution in [2.24, 2.45) is 11.7 Å². The maximum atomic E-state index is 12.3. The number of amides is 1. The Morgan fingerprint density at radius 1 is 1.35 bits per heavy atom. The second-order valence-electron chi connectivity index (χ2n) is 5.05. The van der Waals surface area contributed by atoms with Crippen LogP contribution in [0.25, 0.3) is 0 Å². The Balaban J connectivity index is 0.000000514. The average molecular weight is 252 g/mol. The first kappa shape index (κ1) is 12.8. The van der Waals surface area contributed by atoms with Gasteiger partial charge < -0.3 is 10.6 Å². The third-order valence-corrected chi connectivity index (χ3v) is 5.47. The van der Waals surface area contributed by atoms with E-state index in [4.69, 9.17) is 5.73 Å². The largest absolute Gasteiger partial charge is 0.328 e. The molecule has 2 aliphatic heterocycles. The minimum absolute atomic E-state index is 0.240. The summed E-state index contributed by atoms with van der Waals surface area (Å²) in [6, 6.07) is 0. The number of terminal acetylenes is 1. The lowest BCUT2D eigenvalue weighted by Gasteiger charge is -2.29. The average Bonchev–Trinajstić information content (AvgIpc) is 3.03. The van der Waals surface area contributed by atoms with Gasteiger partial charge in [0.05, 0.1) is 5.37 Å². The van der Waals surface area contributed by atoms with Crippen molar-refractivity contribution in [2.45, 2.75) is 43.0 Å². The van der Waals surface area contributed by atoms with Gasteiger partial charge in [0.25, 0.3) is 0 Å². The number of carbonyl (C=O) groups is 1. The van der Waals surface area contributed by atoms with Crippen LogP contribution in [0.2, 0.25) is 0 Å². The Kier molecular flexibility index (Phi) is 3.70. The maximum absolute atomic E-state index is 12.3. The van der Waals surface area contributed by atoms with Crippen molar-refractivity contribution in [3.8, 4) is 12.8 Å². The molecule has 2 N–H and O–H groups in total. The lowest BCUT2D eigenvalue weighted by Crippen LogP contribution is -2.53. The summed E-state index contributed by atoms with van der Waals surface area (Å²) in [7, 11) is 0. The van der Waals surface area contributed by atoms with Crippen LogP contribution in [-0.4, -0.2) is 34.0 Å². The molecule has 3 rings (SSSR count). The molecule has 3 nitrogen and oxygen atoms in total. The summed E-state index contributed by atoms with van der Waals surface area (Å²) >= 11 is 1.90. The van der Waals surface area contributed by atoms with Crippen LogP contribution >= 0.6 is 11.8 Å². The van der Waals surface area contributed by atoms with Crippen LogP contribution in [0.15, 0.2) is 0 Å². The van der Waals surface area contributed by atoms with Gasteiger partial charge in [-0.05, 0) is 18.8 Å². The first-order valence-corrected chi connectivity index (χ1v) is 7.31. The molecule has 1 amide bonds. The molecular formula is C13H20N2OS. The molecule has 0 aromatic carbocycles. The predicted molar refractivity (Wildman–Crippen MR) is 71.3 cm³/mol. The smallest absolute Gasteiger partial charge is 0.243 e. The van der Waals surface area contributed by atoms with Crippen LogP contribution in [0.3, 0.4) is 0 Å². The minimum Gasteiger partial charge on any atom is -0.328 e. The Morgan fingerprint density at radius 2 is 2.00 bits per heavy atom. The zero-order chi connectivity index (χ0) is 12.5. The molecule has 1 saturated carbocycles. The van der Waals surface area contributed by atoms with Gasteiger partial charge >= 0.3 is 0 Å². The minimum atomic E-state index is -0.505. The normalized spacial score (nSPS) is 36.8. The molecule has 0 aromatic heterocycles. The van der Waals surface area contributed by atoms with Crippen molar-refractivity contribution in [3.63, 3.8) is 0 Å². The SMILES string of the molecule is C#C.NC1(C2CCCC2)CC2SCCN2C1=O. The van der Waals surface area contributed by atoms with E-state index in [0.717, 1.165) is 31.6 Å². The molecule has 2 saturated heterocycles. The van der Waals surface area contributed by atoms with Gasteiger partial charge in [0.2, 0.25) is 5.91 Å². The summed E-state index contributed by atoms with van der Waals surface area (Å²) < 4.78 is 0. The number of nitrogens with two attached hydrogens (primary N) is 1. The summed E-state index contributed by atoms with van der Waals surface area (Å²) in [5.74, 6) is 1.79. The Bertz CT molecular complexity index is 325. The fourth-order valence-electron chi connectivity index (χ4n) is 3.35. The Morgan fingerprint density at radius 3 is 2.59 bits per heavy atom. The number of fused-ring (bicyclic) bond motifs is 1. The highest BCUT2D eigenvalue weighted by Crippen LogP contribution is 2.45. The number of nitrogens with zero attached hydrogens (tertiary/aromatic N) is 1. The topological polar surface area (TPSA) is 46.3 Å². The molecule has 3 fully saturated rings. The molecule has 2 heterocycles. The molecule has 2 atom stereocenters. The summed E-state index contributed by atoms with van der Waals surface area (Å²) in [5, 5.41) is 0.392. The van der Waals surface area contributed by atoms with E-state index >= 15 is 0 Å². The van der Waals surface area contributed by atoms with Crippen LogP contribution in [0, 0.1) is 18.8 Å². The van der Waals surface area contributed by atoms with E-state index < -0.39 is 5.54 Å². The molecule has 0 spiro atoms. The van der Waals surface area contributed by atoms with E-state index in [9.17, 15) is 4.79 Å². The Hall–Kier alpha value is -0.660. The second kappa shape index (κ2) is 4.91. The van der Waals surface area contributed by atoms with Gasteiger partial charge in [0, 0.05) is 18.7 Å². The Labute approximate surface area is 107 Å². The van der Waals surface area contributed by atoms with Gasteiger partial charge in [0.15, 0.2) is 0 Å². The van der Waals surface area contributed by atoms with Crippen molar-refractivity contribution in [2.75, 3.05) is 12.3 Å². The van der Waals surface area contributed by atoms with Gasteiger partial charge in [-0.1, -0.05) is 12.8 Å². The molecule has 0 bridgehead atoms. The summed E-state index contributed by atoms with van der Waals surface area (Å²) in [6.45, 7) is 0.917. The van der Waals surface area contributed by atoms with Crippen LogP contribution in [-0.2, 0) is 4.79 Å². The van der Waals surface area contributed by atoms with Crippen molar-refractivity contribution < 1.29 is 4.79 Å². The fraction of sp³-hybridized carbons (Fsp3) is 0.769. The van der Waals surface area contributed by atoms with Crippen LogP contribution in [0.5, 0.6) is 0 Å². The number of carbonyl (C=O) groups excluding carboxylic acids is 1. The van der Waals surface area contributed by atoms with Gasteiger partial charge in [-0.3, -0.25) is 4.79 Å².